The molecule has 1 N–H and O–H groups in total. The Morgan fingerprint density at radius 2 is 1.96 bits per heavy atom. The Hall–Kier alpha value is -0.430. The second-order valence-electron chi connectivity index (χ2n) is 5.19. The van der Waals surface area contributed by atoms with E-state index in [1.807, 2.05) is 36.4 Å². The van der Waals surface area contributed by atoms with Crippen LogP contribution in [0.5, 0.6) is 0 Å². The first-order valence-corrected chi connectivity index (χ1v) is 10.5. The SMILES string of the molecule is O=C(OCCCc1nc2ccccc2[nH]1)c1cc(I)cc(I)c1I. The molecule has 0 atom stereocenters. The molecule has 0 saturated carbocycles. The number of carbonyl (C=O) groups is 1. The number of aromatic amines is 1. The van der Waals surface area contributed by atoms with Gasteiger partial charge in [0.25, 0.3) is 0 Å². The van der Waals surface area contributed by atoms with Crippen molar-refractivity contribution in [3.8, 4) is 0 Å². The average Bonchev–Trinajstić information content (AvgIpc) is 2.97. The molecule has 7 heteroatoms. The van der Waals surface area contributed by atoms with Crippen LogP contribution in [0.4, 0.5) is 0 Å². The minimum absolute atomic E-state index is 0.263. The van der Waals surface area contributed by atoms with Gasteiger partial charge in [-0.15, -0.1) is 0 Å². The number of hydrogen-bond acceptors (Lipinski definition) is 3. The summed E-state index contributed by atoms with van der Waals surface area (Å²) in [6.45, 7) is 0.383. The van der Waals surface area contributed by atoms with E-state index in [-0.39, 0.29) is 5.97 Å². The van der Waals surface area contributed by atoms with E-state index in [2.05, 4.69) is 77.7 Å². The Balaban J connectivity index is 1.55. The van der Waals surface area contributed by atoms with Gasteiger partial charge in [0, 0.05) is 17.1 Å². The molecule has 24 heavy (non-hydrogen) atoms. The van der Waals surface area contributed by atoms with Crippen LogP contribution in [0.1, 0.15) is 22.6 Å². The van der Waals surface area contributed by atoms with Gasteiger partial charge in [0.05, 0.1) is 23.2 Å². The number of carbonyl (C=O) groups excluding carboxylic acids is 1. The van der Waals surface area contributed by atoms with Crippen molar-refractivity contribution in [1.82, 2.24) is 9.97 Å². The smallest absolute Gasteiger partial charge is 0.339 e. The van der Waals surface area contributed by atoms with Crippen LogP contribution in [0, 0.1) is 10.7 Å². The Kier molecular flexibility index (Phi) is 6.35. The fourth-order valence-corrected chi connectivity index (χ4v) is 4.69. The molecule has 0 amide bonds. The molecule has 1 heterocycles. The summed E-state index contributed by atoms with van der Waals surface area (Å²) in [6, 6.07) is 11.9. The van der Waals surface area contributed by atoms with Gasteiger partial charge in [-0.2, -0.15) is 0 Å². The minimum atomic E-state index is -0.263. The van der Waals surface area contributed by atoms with Crippen LogP contribution in [-0.4, -0.2) is 22.5 Å². The Morgan fingerprint density at radius 1 is 1.17 bits per heavy atom. The average molecular weight is 658 g/mol. The molecular weight excluding hydrogens is 645 g/mol. The molecular formula is C17H13I3N2O2. The van der Waals surface area contributed by atoms with Crippen molar-refractivity contribution < 1.29 is 9.53 Å². The van der Waals surface area contributed by atoms with Crippen LogP contribution >= 0.6 is 67.8 Å². The number of nitrogens with zero attached hydrogens (tertiary/aromatic N) is 1. The van der Waals surface area contributed by atoms with E-state index >= 15 is 0 Å². The molecule has 0 radical (unpaired) electrons. The summed E-state index contributed by atoms with van der Waals surface area (Å²) < 4.78 is 8.46. The lowest BCUT2D eigenvalue weighted by Gasteiger charge is -2.08. The van der Waals surface area contributed by atoms with E-state index in [9.17, 15) is 4.79 Å². The van der Waals surface area contributed by atoms with Crippen molar-refractivity contribution in [2.75, 3.05) is 6.61 Å². The monoisotopic (exact) mass is 658 g/mol. The Bertz CT molecular complexity index is 860. The zero-order valence-corrected chi connectivity index (χ0v) is 19.0. The van der Waals surface area contributed by atoms with Crippen LogP contribution < -0.4 is 0 Å². The zero-order chi connectivity index (χ0) is 17.1. The van der Waals surface area contributed by atoms with Crippen molar-refractivity contribution in [3.63, 3.8) is 0 Å². The van der Waals surface area contributed by atoms with Crippen molar-refractivity contribution in [1.29, 1.82) is 0 Å². The van der Waals surface area contributed by atoms with Crippen LogP contribution in [0.15, 0.2) is 36.4 Å². The molecule has 0 aliphatic rings. The quantitative estimate of drug-likeness (QED) is 0.179. The molecule has 3 rings (SSSR count). The summed E-state index contributed by atoms with van der Waals surface area (Å²) in [7, 11) is 0. The largest absolute Gasteiger partial charge is 0.462 e. The fraction of sp³-hybridized carbons (Fsp3) is 0.176. The van der Waals surface area contributed by atoms with Gasteiger partial charge in [0.2, 0.25) is 0 Å². The number of fused-ring (bicyclic) bond motifs is 1. The summed E-state index contributed by atoms with van der Waals surface area (Å²) in [5.74, 6) is 0.658. The predicted octanol–water partition coefficient (Wildman–Crippen LogP) is 5.17. The first-order chi connectivity index (χ1) is 11.5. The second-order valence-corrected chi connectivity index (χ2v) is 8.68. The normalized spacial score (nSPS) is 11.0. The summed E-state index contributed by atoms with van der Waals surface area (Å²) in [6.07, 6.45) is 1.49. The number of halogens is 3. The molecule has 4 nitrogen and oxygen atoms in total. The lowest BCUT2D eigenvalue weighted by Crippen LogP contribution is -2.10. The number of rotatable bonds is 5. The summed E-state index contributed by atoms with van der Waals surface area (Å²) >= 11 is 6.64. The van der Waals surface area contributed by atoms with Gasteiger partial charge >= 0.3 is 5.97 Å². The molecule has 124 valence electrons. The van der Waals surface area contributed by atoms with Crippen LogP contribution in [0.3, 0.4) is 0 Å². The number of nitrogens with one attached hydrogen (secondary N) is 1. The highest BCUT2D eigenvalue weighted by Crippen LogP contribution is 2.23. The molecule has 2 aromatic carbocycles. The lowest BCUT2D eigenvalue weighted by atomic mass is 10.2. The van der Waals surface area contributed by atoms with Crippen molar-refractivity contribution >= 4 is 84.8 Å². The van der Waals surface area contributed by atoms with E-state index < -0.39 is 0 Å². The molecule has 0 unspecified atom stereocenters. The minimum Gasteiger partial charge on any atom is -0.462 e. The van der Waals surface area contributed by atoms with Crippen LogP contribution in [0.25, 0.3) is 11.0 Å². The van der Waals surface area contributed by atoms with Gasteiger partial charge in [-0.3, -0.25) is 0 Å². The maximum atomic E-state index is 12.3. The number of aryl methyl sites for hydroxylation is 1. The van der Waals surface area contributed by atoms with Gasteiger partial charge in [-0.25, -0.2) is 9.78 Å². The number of para-hydroxylation sites is 2. The van der Waals surface area contributed by atoms with Gasteiger partial charge in [-0.1, -0.05) is 12.1 Å². The maximum Gasteiger partial charge on any atom is 0.339 e. The standard InChI is InChI=1S/C17H13I3N2O2/c18-10-8-11(16(20)12(19)9-10)17(23)24-7-3-6-15-21-13-4-1-2-5-14(13)22-15/h1-2,4-5,8-9H,3,6-7H2,(H,21,22). The fourth-order valence-electron chi connectivity index (χ4n) is 2.31. The molecule has 0 aliphatic carbocycles. The van der Waals surface area contributed by atoms with Crippen molar-refractivity contribution in [2.24, 2.45) is 0 Å². The van der Waals surface area contributed by atoms with Crippen LogP contribution in [-0.2, 0) is 11.2 Å². The molecule has 0 fully saturated rings. The number of H-pyrrole nitrogens is 1. The topological polar surface area (TPSA) is 55.0 Å². The van der Waals surface area contributed by atoms with E-state index in [4.69, 9.17) is 4.74 Å². The molecule has 0 bridgehead atoms. The highest BCUT2D eigenvalue weighted by atomic mass is 127. The lowest BCUT2D eigenvalue weighted by molar-refractivity contribution is 0.0498. The molecule has 0 saturated heterocycles. The third-order valence-corrected chi connectivity index (χ3v) is 7.11. The third-order valence-electron chi connectivity index (χ3n) is 3.44. The van der Waals surface area contributed by atoms with Gasteiger partial charge in [0.15, 0.2) is 0 Å². The van der Waals surface area contributed by atoms with Gasteiger partial charge in [-0.05, 0) is 98.5 Å². The number of benzene rings is 2. The molecule has 3 aromatic rings. The highest BCUT2D eigenvalue weighted by Gasteiger charge is 2.15. The summed E-state index contributed by atoms with van der Waals surface area (Å²) in [4.78, 5) is 20.1. The third kappa shape index (κ3) is 4.40. The zero-order valence-electron chi connectivity index (χ0n) is 12.5. The van der Waals surface area contributed by atoms with Gasteiger partial charge in [0.1, 0.15) is 5.82 Å². The van der Waals surface area contributed by atoms with Crippen molar-refractivity contribution in [3.05, 3.63) is 58.5 Å². The van der Waals surface area contributed by atoms with Crippen LogP contribution in [0.2, 0.25) is 0 Å². The number of hydrogen-bond donors (Lipinski definition) is 1. The first kappa shape index (κ1) is 18.4. The number of esters is 1. The summed E-state index contributed by atoms with van der Waals surface area (Å²) in [5.41, 5.74) is 2.63. The predicted molar refractivity (Wildman–Crippen MR) is 119 cm³/mol. The number of aromatic nitrogens is 2. The van der Waals surface area contributed by atoms with Crippen molar-refractivity contribution in [2.45, 2.75) is 12.8 Å². The first-order valence-electron chi connectivity index (χ1n) is 7.30. The summed E-state index contributed by atoms with van der Waals surface area (Å²) in [5, 5.41) is 0. The van der Waals surface area contributed by atoms with E-state index in [1.165, 1.54) is 0 Å². The number of imidazole rings is 1. The maximum absolute atomic E-state index is 12.3. The van der Waals surface area contributed by atoms with Gasteiger partial charge < -0.3 is 9.72 Å². The Labute approximate surface area is 180 Å². The van der Waals surface area contributed by atoms with E-state index in [0.717, 1.165) is 40.4 Å². The molecule has 0 spiro atoms. The van der Waals surface area contributed by atoms with E-state index in [1.54, 1.807) is 0 Å². The molecule has 1 aromatic heterocycles. The molecule has 0 aliphatic heterocycles. The highest BCUT2D eigenvalue weighted by molar-refractivity contribution is 14.1. The second kappa shape index (κ2) is 8.30. The Morgan fingerprint density at radius 3 is 2.75 bits per heavy atom. The number of ether oxygens (including phenoxy) is 1. The van der Waals surface area contributed by atoms with E-state index in [0.29, 0.717) is 12.2 Å².